The van der Waals surface area contributed by atoms with Gasteiger partial charge in [-0.3, -0.25) is 0 Å². The second-order valence-corrected chi connectivity index (χ2v) is 3.63. The monoisotopic (exact) mass is 240 g/mol. The first-order valence-electron chi connectivity index (χ1n) is 5.50. The van der Waals surface area contributed by atoms with Crippen LogP contribution in [0, 0.1) is 4.91 Å². The van der Waals surface area contributed by atoms with Crippen LogP contribution >= 0.6 is 0 Å². The van der Waals surface area contributed by atoms with E-state index in [1.807, 2.05) is 36.4 Å². The smallest absolute Gasteiger partial charge is 0.213 e. The number of nitrogens with zero attached hydrogens (tertiary/aromatic N) is 2. The summed E-state index contributed by atoms with van der Waals surface area (Å²) < 4.78 is 5.53. The van der Waals surface area contributed by atoms with Crippen LogP contribution in [0.1, 0.15) is 11.1 Å². The van der Waals surface area contributed by atoms with E-state index in [0.29, 0.717) is 12.5 Å². The van der Waals surface area contributed by atoms with Crippen molar-refractivity contribution in [3.8, 4) is 5.88 Å². The van der Waals surface area contributed by atoms with Crippen LogP contribution in [0.3, 0.4) is 0 Å². The molecule has 18 heavy (non-hydrogen) atoms. The number of hydrogen-bond acceptors (Lipinski definition) is 4. The normalized spacial score (nSPS) is 10.4. The Morgan fingerprint density at radius 2 is 2.00 bits per heavy atom. The molecule has 0 aliphatic heterocycles. The van der Waals surface area contributed by atoms with Crippen LogP contribution in [0.2, 0.25) is 0 Å². The lowest BCUT2D eigenvalue weighted by molar-refractivity contribution is 0.294. The van der Waals surface area contributed by atoms with Gasteiger partial charge in [-0.25, -0.2) is 4.98 Å². The minimum Gasteiger partial charge on any atom is -0.473 e. The molecule has 4 nitrogen and oxygen atoms in total. The first kappa shape index (κ1) is 12.0. The van der Waals surface area contributed by atoms with Crippen LogP contribution in [0.5, 0.6) is 5.88 Å². The van der Waals surface area contributed by atoms with Gasteiger partial charge in [0.2, 0.25) is 5.88 Å². The zero-order valence-electron chi connectivity index (χ0n) is 9.69. The number of nitroso groups, excluding NO2 is 1. The molecule has 0 aliphatic carbocycles. The number of ether oxygens (including phenoxy) is 1. The summed E-state index contributed by atoms with van der Waals surface area (Å²) in [5.41, 5.74) is 1.90. The van der Waals surface area contributed by atoms with Gasteiger partial charge in [-0.05, 0) is 28.4 Å². The van der Waals surface area contributed by atoms with Crippen LogP contribution in [-0.4, -0.2) is 4.98 Å². The summed E-state index contributed by atoms with van der Waals surface area (Å²) in [6.45, 7) is 0.485. The number of aromatic nitrogens is 1. The van der Waals surface area contributed by atoms with Crippen molar-refractivity contribution in [3.05, 3.63) is 70.9 Å². The predicted molar refractivity (Wildman–Crippen MR) is 69.8 cm³/mol. The number of rotatable bonds is 5. The number of benzene rings is 1. The minimum atomic E-state index is 0.485. The Morgan fingerprint density at radius 3 is 2.67 bits per heavy atom. The second kappa shape index (κ2) is 6.30. The molecule has 0 saturated carbocycles. The number of hydrogen-bond donors (Lipinski definition) is 0. The summed E-state index contributed by atoms with van der Waals surface area (Å²) in [4.78, 5) is 14.1. The van der Waals surface area contributed by atoms with Crippen molar-refractivity contribution in [3.63, 3.8) is 0 Å². The third-order valence-electron chi connectivity index (χ3n) is 2.32. The Balaban J connectivity index is 1.94. The SMILES string of the molecule is O=N/C=C/c1ccc(OCc2ccccc2)nc1. The maximum Gasteiger partial charge on any atom is 0.213 e. The summed E-state index contributed by atoms with van der Waals surface area (Å²) in [5, 5.41) is 2.64. The maximum absolute atomic E-state index is 9.92. The van der Waals surface area contributed by atoms with Gasteiger partial charge in [-0.1, -0.05) is 30.3 Å². The van der Waals surface area contributed by atoms with Gasteiger partial charge in [0.25, 0.3) is 0 Å². The zero-order valence-corrected chi connectivity index (χ0v) is 9.69. The molecule has 4 heteroatoms. The predicted octanol–water partition coefficient (Wildman–Crippen LogP) is 3.40. The van der Waals surface area contributed by atoms with E-state index in [9.17, 15) is 4.91 Å². The van der Waals surface area contributed by atoms with Crippen molar-refractivity contribution in [2.24, 2.45) is 5.18 Å². The van der Waals surface area contributed by atoms with E-state index in [1.165, 1.54) is 6.20 Å². The molecule has 0 saturated heterocycles. The first-order chi connectivity index (χ1) is 8.88. The molecule has 90 valence electrons. The molecule has 0 bridgehead atoms. The van der Waals surface area contributed by atoms with E-state index < -0.39 is 0 Å². The average Bonchev–Trinajstić information content (AvgIpc) is 2.45. The van der Waals surface area contributed by atoms with Crippen molar-refractivity contribution in [2.45, 2.75) is 6.61 Å². The Kier molecular flexibility index (Phi) is 4.19. The zero-order chi connectivity index (χ0) is 12.6. The highest BCUT2D eigenvalue weighted by Crippen LogP contribution is 2.11. The largest absolute Gasteiger partial charge is 0.473 e. The molecule has 0 atom stereocenters. The average molecular weight is 240 g/mol. The highest BCUT2D eigenvalue weighted by atomic mass is 16.5. The minimum absolute atomic E-state index is 0.485. The van der Waals surface area contributed by atoms with Gasteiger partial charge in [-0.15, -0.1) is 4.91 Å². The molecular formula is C14H12N2O2. The van der Waals surface area contributed by atoms with E-state index in [1.54, 1.807) is 18.3 Å². The Hall–Kier alpha value is -2.49. The molecule has 0 unspecified atom stereocenters. The quantitative estimate of drug-likeness (QED) is 0.752. The van der Waals surface area contributed by atoms with Crippen LogP contribution in [0.15, 0.2) is 60.0 Å². The van der Waals surface area contributed by atoms with Crippen molar-refractivity contribution in [1.82, 2.24) is 4.98 Å². The van der Waals surface area contributed by atoms with Crippen LogP contribution in [-0.2, 0) is 6.61 Å². The molecule has 0 fully saturated rings. The molecular weight excluding hydrogens is 228 g/mol. The van der Waals surface area contributed by atoms with Gasteiger partial charge in [0.05, 0.1) is 6.20 Å². The highest BCUT2D eigenvalue weighted by Gasteiger charge is 1.96. The summed E-state index contributed by atoms with van der Waals surface area (Å²) in [5.74, 6) is 0.551. The Bertz CT molecular complexity index is 521. The molecule has 2 aromatic rings. The van der Waals surface area contributed by atoms with Crippen LogP contribution < -0.4 is 4.74 Å². The van der Waals surface area contributed by atoms with E-state index in [-0.39, 0.29) is 0 Å². The fraction of sp³-hybridized carbons (Fsp3) is 0.0714. The van der Waals surface area contributed by atoms with E-state index in [2.05, 4.69) is 10.2 Å². The lowest BCUT2D eigenvalue weighted by Crippen LogP contribution is -1.96. The molecule has 0 amide bonds. The Labute approximate surface area is 105 Å². The second-order valence-electron chi connectivity index (χ2n) is 3.63. The highest BCUT2D eigenvalue weighted by molar-refractivity contribution is 5.47. The summed E-state index contributed by atoms with van der Waals surface area (Å²) in [6, 6.07) is 13.4. The van der Waals surface area contributed by atoms with Crippen LogP contribution in [0.25, 0.3) is 6.08 Å². The van der Waals surface area contributed by atoms with Crippen molar-refractivity contribution >= 4 is 6.08 Å². The summed E-state index contributed by atoms with van der Waals surface area (Å²) >= 11 is 0. The summed E-state index contributed by atoms with van der Waals surface area (Å²) in [7, 11) is 0. The fourth-order valence-corrected chi connectivity index (χ4v) is 1.42. The lowest BCUT2D eigenvalue weighted by Gasteiger charge is -2.05. The Morgan fingerprint density at radius 1 is 1.17 bits per heavy atom. The van der Waals surface area contributed by atoms with Gasteiger partial charge in [0.15, 0.2) is 0 Å². The molecule has 1 aromatic heterocycles. The van der Waals surface area contributed by atoms with Crippen molar-refractivity contribution in [2.75, 3.05) is 0 Å². The van der Waals surface area contributed by atoms with Crippen molar-refractivity contribution < 1.29 is 4.74 Å². The number of pyridine rings is 1. The van der Waals surface area contributed by atoms with Gasteiger partial charge in [0, 0.05) is 12.3 Å². The molecule has 0 radical (unpaired) electrons. The third kappa shape index (κ3) is 3.52. The molecule has 0 aliphatic rings. The topological polar surface area (TPSA) is 51.5 Å². The lowest BCUT2D eigenvalue weighted by atomic mass is 10.2. The summed E-state index contributed by atoms with van der Waals surface area (Å²) in [6.07, 6.45) is 4.39. The van der Waals surface area contributed by atoms with E-state index >= 15 is 0 Å². The van der Waals surface area contributed by atoms with Gasteiger partial charge >= 0.3 is 0 Å². The fourth-order valence-electron chi connectivity index (χ4n) is 1.42. The molecule has 1 aromatic carbocycles. The first-order valence-corrected chi connectivity index (χ1v) is 5.50. The maximum atomic E-state index is 9.92. The molecule has 1 heterocycles. The van der Waals surface area contributed by atoms with Crippen LogP contribution in [0.4, 0.5) is 0 Å². The van der Waals surface area contributed by atoms with E-state index in [4.69, 9.17) is 4.74 Å². The molecule has 2 rings (SSSR count). The molecule has 0 spiro atoms. The van der Waals surface area contributed by atoms with Gasteiger partial charge in [-0.2, -0.15) is 0 Å². The standard InChI is InChI=1S/C14H12N2O2/c17-16-9-8-12-6-7-14(15-10-12)18-11-13-4-2-1-3-5-13/h1-10H,11H2/b9-8+. The third-order valence-corrected chi connectivity index (χ3v) is 2.32. The van der Waals surface area contributed by atoms with E-state index in [0.717, 1.165) is 11.1 Å². The molecule has 0 N–H and O–H groups in total. The van der Waals surface area contributed by atoms with Crippen molar-refractivity contribution in [1.29, 1.82) is 0 Å². The van der Waals surface area contributed by atoms with Gasteiger partial charge < -0.3 is 4.74 Å². The van der Waals surface area contributed by atoms with Gasteiger partial charge in [0.1, 0.15) is 6.61 Å².